The van der Waals surface area contributed by atoms with Crippen molar-refractivity contribution in [3.05, 3.63) is 23.8 Å². The van der Waals surface area contributed by atoms with Crippen molar-refractivity contribution in [2.45, 2.75) is 33.3 Å². The predicted molar refractivity (Wildman–Crippen MR) is 79.5 cm³/mol. The summed E-state index contributed by atoms with van der Waals surface area (Å²) >= 11 is 0. The lowest BCUT2D eigenvalue weighted by molar-refractivity contribution is 0.0300. The van der Waals surface area contributed by atoms with Gasteiger partial charge in [0.25, 0.3) is 0 Å². The van der Waals surface area contributed by atoms with Crippen LogP contribution in [0.15, 0.2) is 18.2 Å². The molecule has 0 aliphatic rings. The second kappa shape index (κ2) is 6.45. The van der Waals surface area contributed by atoms with E-state index in [-0.39, 0.29) is 12.1 Å². The van der Waals surface area contributed by atoms with Gasteiger partial charge in [0.05, 0.1) is 17.4 Å². The molecule has 0 spiro atoms. The van der Waals surface area contributed by atoms with Crippen LogP contribution < -0.4 is 10.6 Å². The van der Waals surface area contributed by atoms with Crippen LogP contribution in [0.1, 0.15) is 37.6 Å². The Bertz CT molecular complexity index is 442. The summed E-state index contributed by atoms with van der Waals surface area (Å²) in [6.07, 6.45) is 0.759. The highest BCUT2D eigenvalue weighted by atomic mass is 16.5. The molecule has 1 unspecified atom stereocenters. The first kappa shape index (κ1) is 15.3. The number of ether oxygens (including phenoxy) is 1. The maximum atomic E-state index is 12.2. The van der Waals surface area contributed by atoms with E-state index < -0.39 is 0 Å². The topological polar surface area (TPSA) is 55.6 Å². The van der Waals surface area contributed by atoms with Crippen LogP contribution in [0.5, 0.6) is 0 Å². The predicted octanol–water partition coefficient (Wildman–Crippen LogP) is 2.93. The van der Waals surface area contributed by atoms with E-state index in [9.17, 15) is 4.79 Å². The van der Waals surface area contributed by atoms with E-state index in [0.717, 1.165) is 12.1 Å². The first-order chi connectivity index (χ1) is 8.81. The minimum atomic E-state index is -0.316. The van der Waals surface area contributed by atoms with Gasteiger partial charge in [0.2, 0.25) is 0 Å². The molecular formula is C15H24N2O2. The normalized spacial score (nSPS) is 12.3. The van der Waals surface area contributed by atoms with E-state index in [4.69, 9.17) is 10.5 Å². The number of esters is 1. The van der Waals surface area contributed by atoms with Gasteiger partial charge >= 0.3 is 5.97 Å². The van der Waals surface area contributed by atoms with Gasteiger partial charge in [-0.15, -0.1) is 0 Å². The number of rotatable bonds is 5. The Labute approximate surface area is 115 Å². The fraction of sp³-hybridized carbons (Fsp3) is 0.533. The maximum absolute atomic E-state index is 12.2. The molecule has 0 saturated carbocycles. The summed E-state index contributed by atoms with van der Waals surface area (Å²) in [5, 5.41) is 0. The number of carbonyl (C=O) groups is 1. The van der Waals surface area contributed by atoms with Gasteiger partial charge in [0.15, 0.2) is 0 Å². The summed E-state index contributed by atoms with van der Waals surface area (Å²) in [7, 11) is 3.78. The summed E-state index contributed by atoms with van der Waals surface area (Å²) in [5.41, 5.74) is 7.64. The largest absolute Gasteiger partial charge is 0.459 e. The zero-order chi connectivity index (χ0) is 14.6. The summed E-state index contributed by atoms with van der Waals surface area (Å²) in [6, 6.07) is 5.28. The van der Waals surface area contributed by atoms with E-state index in [1.54, 1.807) is 12.1 Å². The van der Waals surface area contributed by atoms with Crippen LogP contribution in [0.2, 0.25) is 0 Å². The molecule has 0 heterocycles. The zero-order valence-corrected chi connectivity index (χ0v) is 12.4. The molecule has 1 aromatic rings. The molecule has 0 aromatic heterocycles. The Kier molecular flexibility index (Phi) is 5.21. The fourth-order valence-corrected chi connectivity index (χ4v) is 2.07. The van der Waals surface area contributed by atoms with E-state index in [1.165, 1.54) is 0 Å². The standard InChI is InChI=1S/C15H24N2O2/c1-10(2)8-11(3)19-15(18)13-9-12(16)6-7-14(13)17(4)5/h6-7,9-11H,8,16H2,1-5H3. The monoisotopic (exact) mass is 264 g/mol. The molecule has 106 valence electrons. The molecule has 19 heavy (non-hydrogen) atoms. The second-order valence-corrected chi connectivity index (χ2v) is 5.52. The van der Waals surface area contributed by atoms with Gasteiger partial charge < -0.3 is 15.4 Å². The van der Waals surface area contributed by atoms with Crippen LogP contribution in [-0.4, -0.2) is 26.2 Å². The molecule has 0 aliphatic heterocycles. The quantitative estimate of drug-likeness (QED) is 0.656. The molecule has 1 aromatic carbocycles. The molecule has 0 saturated heterocycles. The number of nitrogens with two attached hydrogens (primary N) is 1. The molecule has 1 atom stereocenters. The summed E-state index contributed by atoms with van der Waals surface area (Å²) in [5.74, 6) is 0.182. The van der Waals surface area contributed by atoms with Gasteiger partial charge in [-0.1, -0.05) is 13.8 Å². The Hall–Kier alpha value is -1.71. The smallest absolute Gasteiger partial charge is 0.340 e. The van der Waals surface area contributed by atoms with E-state index >= 15 is 0 Å². The van der Waals surface area contributed by atoms with Crippen LogP contribution in [0, 0.1) is 5.92 Å². The third kappa shape index (κ3) is 4.47. The molecule has 2 N–H and O–H groups in total. The number of carbonyl (C=O) groups excluding carboxylic acids is 1. The molecule has 0 fully saturated rings. The molecule has 0 radical (unpaired) electrons. The third-order valence-electron chi connectivity index (χ3n) is 2.83. The lowest BCUT2D eigenvalue weighted by Crippen LogP contribution is -2.20. The molecular weight excluding hydrogens is 240 g/mol. The van der Waals surface area contributed by atoms with Crippen molar-refractivity contribution in [3.8, 4) is 0 Å². The number of nitrogens with zero attached hydrogens (tertiary/aromatic N) is 1. The van der Waals surface area contributed by atoms with E-state index in [1.807, 2.05) is 32.0 Å². The number of nitrogen functional groups attached to an aromatic ring is 1. The van der Waals surface area contributed by atoms with Crippen molar-refractivity contribution in [2.24, 2.45) is 5.92 Å². The number of anilines is 2. The minimum absolute atomic E-state index is 0.0936. The van der Waals surface area contributed by atoms with Crippen molar-refractivity contribution in [1.29, 1.82) is 0 Å². The fourth-order valence-electron chi connectivity index (χ4n) is 2.07. The van der Waals surface area contributed by atoms with Crippen molar-refractivity contribution in [1.82, 2.24) is 0 Å². The van der Waals surface area contributed by atoms with Gasteiger partial charge in [0.1, 0.15) is 0 Å². The lowest BCUT2D eigenvalue weighted by atomic mass is 10.1. The van der Waals surface area contributed by atoms with Crippen molar-refractivity contribution in [3.63, 3.8) is 0 Å². The van der Waals surface area contributed by atoms with Gasteiger partial charge in [-0.05, 0) is 37.5 Å². The van der Waals surface area contributed by atoms with Gasteiger partial charge in [-0.25, -0.2) is 4.79 Å². The van der Waals surface area contributed by atoms with Crippen LogP contribution in [-0.2, 0) is 4.74 Å². The highest BCUT2D eigenvalue weighted by molar-refractivity contribution is 5.97. The SMILES string of the molecule is CC(C)CC(C)OC(=O)c1cc(N)ccc1N(C)C. The molecule has 0 aliphatic carbocycles. The van der Waals surface area contributed by atoms with E-state index in [2.05, 4.69) is 13.8 Å². The first-order valence-corrected chi connectivity index (χ1v) is 6.59. The highest BCUT2D eigenvalue weighted by Gasteiger charge is 2.18. The maximum Gasteiger partial charge on any atom is 0.340 e. The Morgan fingerprint density at radius 2 is 1.95 bits per heavy atom. The third-order valence-corrected chi connectivity index (χ3v) is 2.83. The summed E-state index contributed by atoms with van der Waals surface area (Å²) in [6.45, 7) is 6.13. The van der Waals surface area contributed by atoms with Crippen LogP contribution in [0.3, 0.4) is 0 Å². The number of benzene rings is 1. The average Bonchev–Trinajstić information content (AvgIpc) is 2.26. The lowest BCUT2D eigenvalue weighted by Gasteiger charge is -2.20. The number of hydrogen-bond donors (Lipinski definition) is 1. The second-order valence-electron chi connectivity index (χ2n) is 5.52. The van der Waals surface area contributed by atoms with E-state index in [0.29, 0.717) is 17.2 Å². The molecule has 1 rings (SSSR count). The summed E-state index contributed by atoms with van der Waals surface area (Å²) < 4.78 is 5.47. The Balaban J connectivity index is 2.89. The van der Waals surface area contributed by atoms with Gasteiger partial charge in [-0.3, -0.25) is 0 Å². The Morgan fingerprint density at radius 1 is 1.32 bits per heavy atom. The first-order valence-electron chi connectivity index (χ1n) is 6.59. The zero-order valence-electron chi connectivity index (χ0n) is 12.4. The van der Waals surface area contributed by atoms with Gasteiger partial charge in [0, 0.05) is 19.8 Å². The van der Waals surface area contributed by atoms with Crippen molar-refractivity contribution < 1.29 is 9.53 Å². The number of hydrogen-bond acceptors (Lipinski definition) is 4. The van der Waals surface area contributed by atoms with Crippen LogP contribution in [0.25, 0.3) is 0 Å². The Morgan fingerprint density at radius 3 is 2.47 bits per heavy atom. The molecule has 4 nitrogen and oxygen atoms in total. The van der Waals surface area contributed by atoms with Crippen LogP contribution in [0.4, 0.5) is 11.4 Å². The average molecular weight is 264 g/mol. The van der Waals surface area contributed by atoms with Crippen molar-refractivity contribution in [2.75, 3.05) is 24.7 Å². The molecule has 4 heteroatoms. The minimum Gasteiger partial charge on any atom is -0.459 e. The highest BCUT2D eigenvalue weighted by Crippen LogP contribution is 2.23. The molecule has 0 amide bonds. The van der Waals surface area contributed by atoms with Gasteiger partial charge in [-0.2, -0.15) is 0 Å². The van der Waals surface area contributed by atoms with Crippen LogP contribution >= 0.6 is 0 Å². The van der Waals surface area contributed by atoms with Crippen molar-refractivity contribution >= 4 is 17.3 Å². The summed E-state index contributed by atoms with van der Waals surface area (Å²) in [4.78, 5) is 14.1. The molecule has 0 bridgehead atoms.